The number of hydrogen-bond acceptors (Lipinski definition) is 6. The molecule has 0 spiro atoms. The highest BCUT2D eigenvalue weighted by Crippen LogP contribution is 2.29. The molecule has 1 aromatic rings. The topological polar surface area (TPSA) is 124 Å². The maximum Gasteiger partial charge on any atom is 0.333 e. The molecule has 1 aliphatic rings. The first kappa shape index (κ1) is 15.2. The number of nitro groups is 1. The molecule has 9 nitrogen and oxygen atoms in total. The molecular weight excluding hydrogens is 294 g/mol. The minimum Gasteiger partial charge on any atom is -0.867 e. The van der Waals surface area contributed by atoms with E-state index in [1.165, 1.54) is 26.2 Å². The van der Waals surface area contributed by atoms with Crippen molar-refractivity contribution in [2.75, 3.05) is 14.1 Å². The highest BCUT2D eigenvalue weighted by molar-refractivity contribution is 6.30. The molecule has 1 fully saturated rings. The van der Waals surface area contributed by atoms with Gasteiger partial charge < -0.3 is 5.11 Å². The summed E-state index contributed by atoms with van der Waals surface area (Å²) in [6.07, 6.45) is 0.958. The third kappa shape index (κ3) is 2.28. The molecule has 4 amide bonds. The number of barbiturate groups is 1. The van der Waals surface area contributed by atoms with Crippen LogP contribution in [0.25, 0.3) is 6.08 Å². The van der Waals surface area contributed by atoms with Gasteiger partial charge in [0.05, 0.1) is 4.92 Å². The SMILES string of the molecule is CN1C(=O)C(=Cc2cccc([N+](=O)[O-])c2[O-])C(=O)N(C)C1=O. The molecule has 0 N–H and O–H groups in total. The van der Waals surface area contributed by atoms with Crippen molar-refractivity contribution in [2.45, 2.75) is 0 Å². The van der Waals surface area contributed by atoms with Crippen molar-refractivity contribution < 1.29 is 24.4 Å². The molecular formula is C13H10N3O6-. The molecule has 2 rings (SSSR count). The van der Waals surface area contributed by atoms with Gasteiger partial charge in [0.25, 0.3) is 17.5 Å². The van der Waals surface area contributed by atoms with Crippen molar-refractivity contribution in [3.8, 4) is 5.75 Å². The highest BCUT2D eigenvalue weighted by Gasteiger charge is 2.37. The number of imide groups is 2. The highest BCUT2D eigenvalue weighted by atomic mass is 16.6. The Hall–Kier alpha value is -3.23. The van der Waals surface area contributed by atoms with Crippen LogP contribution < -0.4 is 5.11 Å². The van der Waals surface area contributed by atoms with Crippen LogP contribution >= 0.6 is 0 Å². The Labute approximate surface area is 124 Å². The monoisotopic (exact) mass is 304 g/mol. The standard InChI is InChI=1S/C13H11N3O6/c1-14-11(18)8(12(19)15(2)13(14)20)6-7-4-3-5-9(10(7)17)16(21)22/h3-6,17H,1-2H3/p-1. The van der Waals surface area contributed by atoms with Gasteiger partial charge in [-0.05, 0) is 17.4 Å². The van der Waals surface area contributed by atoms with Crippen LogP contribution in [0.4, 0.5) is 10.5 Å². The number of rotatable bonds is 2. The van der Waals surface area contributed by atoms with Gasteiger partial charge >= 0.3 is 6.03 Å². The Balaban J connectivity index is 2.55. The molecule has 114 valence electrons. The van der Waals surface area contributed by atoms with E-state index >= 15 is 0 Å². The van der Waals surface area contributed by atoms with E-state index in [0.717, 1.165) is 21.9 Å². The summed E-state index contributed by atoms with van der Waals surface area (Å²) in [7, 11) is 2.37. The van der Waals surface area contributed by atoms with E-state index in [-0.39, 0.29) is 5.56 Å². The molecule has 0 aliphatic carbocycles. The molecule has 22 heavy (non-hydrogen) atoms. The lowest BCUT2D eigenvalue weighted by molar-refractivity contribution is -0.398. The van der Waals surface area contributed by atoms with Gasteiger partial charge in [-0.3, -0.25) is 29.5 Å². The first-order chi connectivity index (χ1) is 10.3. The van der Waals surface area contributed by atoms with Gasteiger partial charge in [0.1, 0.15) is 5.57 Å². The lowest BCUT2D eigenvalue weighted by Gasteiger charge is -2.29. The Morgan fingerprint density at radius 3 is 2.14 bits per heavy atom. The Kier molecular flexibility index (Phi) is 3.64. The number of benzene rings is 1. The maximum atomic E-state index is 12.0. The first-order valence-corrected chi connectivity index (χ1v) is 6.02. The second-order valence-electron chi connectivity index (χ2n) is 4.52. The van der Waals surface area contributed by atoms with Gasteiger partial charge in [0, 0.05) is 20.2 Å². The number of para-hydroxylation sites is 1. The van der Waals surface area contributed by atoms with E-state index in [4.69, 9.17) is 0 Å². The molecule has 1 heterocycles. The summed E-state index contributed by atoms with van der Waals surface area (Å²) in [6, 6.07) is 2.74. The molecule has 9 heteroatoms. The van der Waals surface area contributed by atoms with Gasteiger partial charge in [-0.2, -0.15) is 0 Å². The summed E-state index contributed by atoms with van der Waals surface area (Å²) < 4.78 is 0. The lowest BCUT2D eigenvalue weighted by Crippen LogP contribution is -2.52. The molecule has 0 saturated carbocycles. The van der Waals surface area contributed by atoms with Gasteiger partial charge in [-0.25, -0.2) is 4.79 Å². The van der Waals surface area contributed by atoms with Gasteiger partial charge in [-0.1, -0.05) is 12.1 Å². The Morgan fingerprint density at radius 1 is 1.09 bits per heavy atom. The molecule has 0 unspecified atom stereocenters. The summed E-state index contributed by atoms with van der Waals surface area (Å²) in [4.78, 5) is 46.9. The Bertz CT molecular complexity index is 713. The fourth-order valence-corrected chi connectivity index (χ4v) is 1.93. The van der Waals surface area contributed by atoms with Crippen molar-refractivity contribution in [3.05, 3.63) is 39.4 Å². The van der Waals surface area contributed by atoms with Crippen LogP contribution in [0, 0.1) is 10.1 Å². The second kappa shape index (κ2) is 5.28. The average molecular weight is 304 g/mol. The van der Waals surface area contributed by atoms with Crippen LogP contribution in [0.5, 0.6) is 5.75 Å². The number of nitro benzene ring substituents is 1. The summed E-state index contributed by atoms with van der Waals surface area (Å²) in [5.41, 5.74) is -1.26. The molecule has 0 atom stereocenters. The number of hydrogen-bond donors (Lipinski definition) is 0. The second-order valence-corrected chi connectivity index (χ2v) is 4.52. The molecule has 1 saturated heterocycles. The maximum absolute atomic E-state index is 12.0. The fraction of sp³-hybridized carbons (Fsp3) is 0.154. The zero-order valence-electron chi connectivity index (χ0n) is 11.6. The van der Waals surface area contributed by atoms with Crippen molar-refractivity contribution in [1.82, 2.24) is 9.80 Å². The summed E-state index contributed by atoms with van der Waals surface area (Å²) in [5.74, 6) is -2.67. The van der Waals surface area contributed by atoms with E-state index in [1.807, 2.05) is 0 Å². The van der Waals surface area contributed by atoms with Crippen LogP contribution in [-0.4, -0.2) is 46.7 Å². The largest absolute Gasteiger partial charge is 0.867 e. The van der Waals surface area contributed by atoms with E-state index in [2.05, 4.69) is 0 Å². The summed E-state index contributed by atoms with van der Waals surface area (Å²) >= 11 is 0. The molecule has 1 aliphatic heterocycles. The number of likely N-dealkylation sites (N-methyl/N-ethyl adjacent to an activating group) is 2. The summed E-state index contributed by atoms with van der Waals surface area (Å²) in [5, 5.41) is 22.7. The van der Waals surface area contributed by atoms with Gasteiger partial charge in [0.15, 0.2) is 0 Å². The van der Waals surface area contributed by atoms with Crippen molar-refractivity contribution in [1.29, 1.82) is 0 Å². The minimum absolute atomic E-state index is 0.179. The molecule has 1 aromatic carbocycles. The van der Waals surface area contributed by atoms with Crippen LogP contribution in [0.2, 0.25) is 0 Å². The number of amides is 4. The van der Waals surface area contributed by atoms with Crippen molar-refractivity contribution >= 4 is 29.6 Å². The quantitative estimate of drug-likeness (QED) is 0.330. The van der Waals surface area contributed by atoms with Crippen LogP contribution in [0.1, 0.15) is 5.56 Å². The number of nitrogens with zero attached hydrogens (tertiary/aromatic N) is 3. The average Bonchev–Trinajstić information content (AvgIpc) is 2.48. The third-order valence-corrected chi connectivity index (χ3v) is 3.17. The minimum atomic E-state index is -0.914. The Morgan fingerprint density at radius 2 is 1.64 bits per heavy atom. The van der Waals surface area contributed by atoms with Crippen LogP contribution in [0.3, 0.4) is 0 Å². The van der Waals surface area contributed by atoms with E-state index < -0.39 is 39.8 Å². The normalized spacial score (nSPS) is 15.4. The third-order valence-electron chi connectivity index (χ3n) is 3.17. The predicted molar refractivity (Wildman–Crippen MR) is 71.5 cm³/mol. The van der Waals surface area contributed by atoms with E-state index in [9.17, 15) is 29.6 Å². The van der Waals surface area contributed by atoms with Crippen molar-refractivity contribution in [2.24, 2.45) is 0 Å². The van der Waals surface area contributed by atoms with Gasteiger partial charge in [-0.15, -0.1) is 0 Å². The van der Waals surface area contributed by atoms with Gasteiger partial charge in [0.2, 0.25) is 0 Å². The zero-order valence-corrected chi connectivity index (χ0v) is 11.6. The summed E-state index contributed by atoms with van der Waals surface area (Å²) in [6.45, 7) is 0. The molecule has 0 radical (unpaired) electrons. The number of urea groups is 1. The van der Waals surface area contributed by atoms with E-state index in [1.54, 1.807) is 0 Å². The fourth-order valence-electron chi connectivity index (χ4n) is 1.93. The zero-order chi connectivity index (χ0) is 16.6. The van der Waals surface area contributed by atoms with Crippen LogP contribution in [-0.2, 0) is 9.59 Å². The molecule has 0 aromatic heterocycles. The van der Waals surface area contributed by atoms with Crippen molar-refractivity contribution in [3.63, 3.8) is 0 Å². The van der Waals surface area contributed by atoms with E-state index in [0.29, 0.717) is 0 Å². The van der Waals surface area contributed by atoms with Crippen LogP contribution in [0.15, 0.2) is 23.8 Å². The number of carbonyl (C=O) groups is 3. The predicted octanol–water partition coefficient (Wildman–Crippen LogP) is 0.102. The smallest absolute Gasteiger partial charge is 0.333 e. The number of carbonyl (C=O) groups excluding carboxylic acids is 3. The first-order valence-electron chi connectivity index (χ1n) is 6.02. The molecule has 0 bridgehead atoms. The lowest BCUT2D eigenvalue weighted by atomic mass is 10.1.